The Morgan fingerprint density at radius 1 is 1.44 bits per heavy atom. The molecule has 5 heteroatoms. The molecular weight excluding hydrogens is 316 g/mol. The maximum Gasteiger partial charge on any atom is 0.194 e. The van der Waals surface area contributed by atoms with Gasteiger partial charge in [-0.3, -0.25) is 0 Å². The predicted octanol–water partition coefficient (Wildman–Crippen LogP) is 3.91. The topological polar surface area (TPSA) is 38.1 Å². The van der Waals surface area contributed by atoms with E-state index < -0.39 is 0 Å². The first-order valence-electron chi connectivity index (χ1n) is 5.75. The second-order valence-electron chi connectivity index (χ2n) is 3.95. The molecule has 0 aliphatic heterocycles. The number of oxazole rings is 1. The van der Waals surface area contributed by atoms with E-state index in [1.807, 2.05) is 25.2 Å². The first-order valence-corrected chi connectivity index (χ1v) is 6.92. The average molecular weight is 330 g/mol. The van der Waals surface area contributed by atoms with E-state index in [9.17, 15) is 0 Å². The smallest absolute Gasteiger partial charge is 0.194 e. The molecule has 0 bridgehead atoms. The summed E-state index contributed by atoms with van der Waals surface area (Å²) in [7, 11) is 1.94. The van der Waals surface area contributed by atoms with Crippen molar-refractivity contribution in [1.82, 2.24) is 10.3 Å². The zero-order chi connectivity index (χ0) is 13.0. The fraction of sp³-hybridized carbons (Fsp3) is 0.308. The van der Waals surface area contributed by atoms with Crippen molar-refractivity contribution in [2.75, 3.05) is 13.6 Å². The first-order chi connectivity index (χ1) is 8.70. The van der Waals surface area contributed by atoms with Crippen LogP contribution in [0.5, 0.6) is 0 Å². The fourth-order valence-corrected chi connectivity index (χ4v) is 2.05. The highest BCUT2D eigenvalue weighted by atomic mass is 79.9. The molecule has 0 fully saturated rings. The van der Waals surface area contributed by atoms with Crippen LogP contribution in [0.1, 0.15) is 12.3 Å². The zero-order valence-electron chi connectivity index (χ0n) is 10.0. The van der Waals surface area contributed by atoms with Crippen LogP contribution in [0.3, 0.4) is 0 Å². The number of aryl methyl sites for hydroxylation is 1. The van der Waals surface area contributed by atoms with Crippen LogP contribution in [0.4, 0.5) is 0 Å². The largest absolute Gasteiger partial charge is 0.441 e. The van der Waals surface area contributed by atoms with Gasteiger partial charge in [-0.15, -0.1) is 0 Å². The highest BCUT2D eigenvalue weighted by Crippen LogP contribution is 2.29. The Labute approximate surface area is 120 Å². The standard InChI is InChI=1S/C13H14BrClN2O/c1-16-6-2-3-13-17-8-12(18-13)9-4-5-10(14)11(15)7-9/h4-5,7-8,16H,2-3,6H2,1H3. The number of nitrogens with one attached hydrogen (secondary N) is 1. The number of nitrogens with zero attached hydrogens (tertiary/aromatic N) is 1. The Morgan fingerprint density at radius 2 is 2.28 bits per heavy atom. The fourth-order valence-electron chi connectivity index (χ4n) is 1.63. The van der Waals surface area contributed by atoms with Crippen LogP contribution < -0.4 is 5.32 Å². The van der Waals surface area contributed by atoms with E-state index in [0.29, 0.717) is 5.02 Å². The molecule has 3 nitrogen and oxygen atoms in total. The van der Waals surface area contributed by atoms with Gasteiger partial charge in [-0.25, -0.2) is 4.98 Å². The van der Waals surface area contributed by atoms with Crippen molar-refractivity contribution in [1.29, 1.82) is 0 Å². The number of benzene rings is 1. The van der Waals surface area contributed by atoms with Crippen molar-refractivity contribution in [2.45, 2.75) is 12.8 Å². The first kappa shape index (κ1) is 13.6. The maximum atomic E-state index is 6.06. The van der Waals surface area contributed by atoms with Gasteiger partial charge in [0.15, 0.2) is 11.7 Å². The molecule has 0 atom stereocenters. The second-order valence-corrected chi connectivity index (χ2v) is 5.22. The molecule has 1 N–H and O–H groups in total. The van der Waals surface area contributed by atoms with E-state index in [1.165, 1.54) is 0 Å². The van der Waals surface area contributed by atoms with Crippen molar-refractivity contribution in [3.8, 4) is 11.3 Å². The molecule has 1 heterocycles. The molecule has 0 saturated heterocycles. The highest BCUT2D eigenvalue weighted by Gasteiger charge is 2.07. The lowest BCUT2D eigenvalue weighted by Gasteiger charge is -1.99. The summed E-state index contributed by atoms with van der Waals surface area (Å²) in [5.74, 6) is 1.52. The van der Waals surface area contributed by atoms with Crippen LogP contribution in [0.25, 0.3) is 11.3 Å². The SMILES string of the molecule is CNCCCc1ncc(-c2ccc(Br)c(Cl)c2)o1. The molecule has 1 aromatic heterocycles. The van der Waals surface area contributed by atoms with Crippen LogP contribution >= 0.6 is 27.5 Å². The van der Waals surface area contributed by atoms with E-state index in [-0.39, 0.29) is 0 Å². The quantitative estimate of drug-likeness (QED) is 0.845. The van der Waals surface area contributed by atoms with Gasteiger partial charge in [0.1, 0.15) is 0 Å². The summed E-state index contributed by atoms with van der Waals surface area (Å²) in [5, 5.41) is 3.77. The van der Waals surface area contributed by atoms with Gasteiger partial charge in [-0.2, -0.15) is 0 Å². The molecule has 0 radical (unpaired) electrons. The van der Waals surface area contributed by atoms with Crippen molar-refractivity contribution in [2.24, 2.45) is 0 Å². The highest BCUT2D eigenvalue weighted by molar-refractivity contribution is 9.10. The van der Waals surface area contributed by atoms with Crippen LogP contribution in [-0.2, 0) is 6.42 Å². The van der Waals surface area contributed by atoms with Crippen molar-refractivity contribution >= 4 is 27.5 Å². The summed E-state index contributed by atoms with van der Waals surface area (Å²) in [6, 6.07) is 5.72. The van der Waals surface area contributed by atoms with Gasteiger partial charge >= 0.3 is 0 Å². The van der Waals surface area contributed by atoms with E-state index in [1.54, 1.807) is 6.20 Å². The lowest BCUT2D eigenvalue weighted by molar-refractivity contribution is 0.495. The van der Waals surface area contributed by atoms with Crippen molar-refractivity contribution in [3.05, 3.63) is 39.8 Å². The molecule has 0 amide bonds. The zero-order valence-corrected chi connectivity index (χ0v) is 12.4. The summed E-state index contributed by atoms with van der Waals surface area (Å²) in [5.41, 5.74) is 0.940. The summed E-state index contributed by atoms with van der Waals surface area (Å²) in [6.07, 6.45) is 3.59. The molecule has 1 aromatic carbocycles. The molecule has 96 valence electrons. The molecular formula is C13H14BrClN2O. The van der Waals surface area contributed by atoms with Crippen LogP contribution in [0.2, 0.25) is 5.02 Å². The minimum absolute atomic E-state index is 0.667. The third kappa shape index (κ3) is 3.34. The van der Waals surface area contributed by atoms with Gasteiger partial charge in [-0.1, -0.05) is 11.6 Å². The van der Waals surface area contributed by atoms with Gasteiger partial charge in [0.05, 0.1) is 11.2 Å². The Bertz CT molecular complexity index is 527. The summed E-state index contributed by atoms with van der Waals surface area (Å²) >= 11 is 9.42. The van der Waals surface area contributed by atoms with E-state index >= 15 is 0 Å². The number of hydrogen-bond donors (Lipinski definition) is 1. The molecule has 0 saturated carbocycles. The number of rotatable bonds is 5. The minimum atomic E-state index is 0.667. The molecule has 0 aliphatic rings. The van der Waals surface area contributed by atoms with Gasteiger partial charge in [-0.05, 0) is 54.1 Å². The van der Waals surface area contributed by atoms with E-state index in [4.69, 9.17) is 16.0 Å². The summed E-state index contributed by atoms with van der Waals surface area (Å²) < 4.78 is 6.57. The number of aromatic nitrogens is 1. The molecule has 18 heavy (non-hydrogen) atoms. The second kappa shape index (κ2) is 6.36. The molecule has 0 aliphatic carbocycles. The minimum Gasteiger partial charge on any atom is -0.441 e. The van der Waals surface area contributed by atoms with Crippen LogP contribution in [0.15, 0.2) is 33.3 Å². The Balaban J connectivity index is 2.11. The summed E-state index contributed by atoms with van der Waals surface area (Å²) in [4.78, 5) is 4.27. The Hall–Kier alpha value is -0.840. The van der Waals surface area contributed by atoms with Crippen LogP contribution in [0, 0.1) is 0 Å². The third-order valence-electron chi connectivity index (χ3n) is 2.58. The number of halogens is 2. The lowest BCUT2D eigenvalue weighted by Crippen LogP contribution is -2.08. The maximum absolute atomic E-state index is 6.06. The van der Waals surface area contributed by atoms with Crippen molar-refractivity contribution in [3.63, 3.8) is 0 Å². The normalized spacial score (nSPS) is 10.8. The van der Waals surface area contributed by atoms with Crippen LogP contribution in [-0.4, -0.2) is 18.6 Å². The van der Waals surface area contributed by atoms with Gasteiger partial charge < -0.3 is 9.73 Å². The molecule has 2 aromatic rings. The third-order valence-corrected chi connectivity index (χ3v) is 3.81. The monoisotopic (exact) mass is 328 g/mol. The Kier molecular flexibility index (Phi) is 4.80. The summed E-state index contributed by atoms with van der Waals surface area (Å²) in [6.45, 7) is 0.960. The molecule has 0 spiro atoms. The van der Waals surface area contributed by atoms with Crippen molar-refractivity contribution < 1.29 is 4.42 Å². The molecule has 0 unspecified atom stereocenters. The van der Waals surface area contributed by atoms with E-state index in [0.717, 1.165) is 41.1 Å². The lowest BCUT2D eigenvalue weighted by atomic mass is 10.2. The van der Waals surface area contributed by atoms with Gasteiger partial charge in [0, 0.05) is 16.5 Å². The van der Waals surface area contributed by atoms with E-state index in [2.05, 4.69) is 26.2 Å². The predicted molar refractivity (Wildman–Crippen MR) is 76.9 cm³/mol. The number of hydrogen-bond acceptors (Lipinski definition) is 3. The average Bonchev–Trinajstić information content (AvgIpc) is 2.82. The van der Waals surface area contributed by atoms with Gasteiger partial charge in [0.25, 0.3) is 0 Å². The molecule has 2 rings (SSSR count). The van der Waals surface area contributed by atoms with Gasteiger partial charge in [0.2, 0.25) is 0 Å². The Morgan fingerprint density at radius 3 is 3.00 bits per heavy atom.